The predicted octanol–water partition coefficient (Wildman–Crippen LogP) is -0.816. The van der Waals surface area contributed by atoms with Crippen LogP contribution in [-0.2, 0) is 30.5 Å². The van der Waals surface area contributed by atoms with E-state index in [1.54, 1.807) is 20.8 Å². The van der Waals surface area contributed by atoms with E-state index in [-0.39, 0.29) is 48.5 Å². The molecular weight excluding hydrogens is 606 g/mol. The Balaban J connectivity index is 1.35. The second kappa shape index (κ2) is 13.0. The summed E-state index contributed by atoms with van der Waals surface area (Å²) >= 11 is 2.37. The number of amides is 3. The van der Waals surface area contributed by atoms with Crippen LogP contribution in [0.4, 0.5) is 10.6 Å². The number of aliphatic carboxylic acids is 1. The van der Waals surface area contributed by atoms with Gasteiger partial charge in [0.05, 0.1) is 6.54 Å². The number of nitrogen functional groups attached to an aromatic ring is 1. The quantitative estimate of drug-likeness (QED) is 0.102. The van der Waals surface area contributed by atoms with Gasteiger partial charge in [-0.2, -0.15) is 0 Å². The summed E-state index contributed by atoms with van der Waals surface area (Å²) in [4.78, 5) is 64.5. The lowest BCUT2D eigenvalue weighted by Gasteiger charge is -2.53. The average Bonchev–Trinajstić information content (AvgIpc) is 3.39. The Hall–Kier alpha value is -4.20. The van der Waals surface area contributed by atoms with Gasteiger partial charge in [-0.15, -0.1) is 16.9 Å². The molecule has 0 aliphatic carbocycles. The van der Waals surface area contributed by atoms with E-state index in [1.807, 2.05) is 0 Å². The third-order valence-electron chi connectivity index (χ3n) is 6.14. The van der Waals surface area contributed by atoms with Gasteiger partial charge in [-0.3, -0.25) is 14.4 Å². The van der Waals surface area contributed by atoms with Crippen molar-refractivity contribution in [1.82, 2.24) is 45.7 Å². The molecule has 2 fully saturated rings. The number of carbonyl (C=O) groups is 4. The number of thioether (sulfide) groups is 2. The van der Waals surface area contributed by atoms with Gasteiger partial charge in [0.1, 0.15) is 35.4 Å². The summed E-state index contributed by atoms with van der Waals surface area (Å²) in [5.41, 5.74) is 3.47. The molecule has 3 atom stereocenters. The molecular formula is C23H31N11O7S2. The maximum absolute atomic E-state index is 13.1. The minimum Gasteiger partial charge on any atom is -0.481 e. The number of alkyl carbamates (subject to hydrolysis) is 1. The van der Waals surface area contributed by atoms with Crippen LogP contribution < -0.4 is 16.4 Å². The number of carboxylic acid groups (broad SMARTS) is 1. The minimum absolute atomic E-state index is 0.0696. The van der Waals surface area contributed by atoms with Crippen LogP contribution in [0, 0.1) is 5.41 Å². The smallest absolute Gasteiger partial charge is 0.407 e. The molecule has 2 saturated heterocycles. The number of nitrogens with two attached hydrogens (primary N) is 1. The van der Waals surface area contributed by atoms with Crippen molar-refractivity contribution in [3.8, 4) is 0 Å². The molecule has 0 spiro atoms. The minimum atomic E-state index is -1.31. The van der Waals surface area contributed by atoms with Gasteiger partial charge in [0.2, 0.25) is 16.8 Å². The largest absolute Gasteiger partial charge is 0.481 e. The van der Waals surface area contributed by atoms with Crippen LogP contribution >= 0.6 is 23.5 Å². The summed E-state index contributed by atoms with van der Waals surface area (Å²) in [6, 6.07) is 0.527. The van der Waals surface area contributed by atoms with Crippen LogP contribution in [0.5, 0.6) is 0 Å². The average molecular weight is 638 g/mol. The summed E-state index contributed by atoms with van der Waals surface area (Å²) in [5, 5.41) is 30.5. The van der Waals surface area contributed by atoms with Crippen molar-refractivity contribution in [3.63, 3.8) is 0 Å². The Morgan fingerprint density at radius 2 is 2.12 bits per heavy atom. The topological polar surface area (TPSA) is 242 Å². The highest BCUT2D eigenvalue weighted by atomic mass is 32.2. The number of tetrazole rings is 1. The van der Waals surface area contributed by atoms with E-state index in [0.29, 0.717) is 5.16 Å². The highest BCUT2D eigenvalue weighted by Crippen LogP contribution is 2.44. The Morgan fingerprint density at radius 1 is 1.35 bits per heavy atom. The fourth-order valence-electron chi connectivity index (χ4n) is 4.10. The molecule has 0 radical (unpaired) electrons. The van der Waals surface area contributed by atoms with Crippen molar-refractivity contribution < 1.29 is 33.9 Å². The zero-order valence-electron chi connectivity index (χ0n) is 23.7. The Bertz CT molecular complexity index is 1420. The summed E-state index contributed by atoms with van der Waals surface area (Å²) in [6.07, 6.45) is 0.772. The molecule has 18 nitrogen and oxygen atoms in total. The maximum Gasteiger partial charge on any atom is 0.407 e. The molecule has 4 heterocycles. The van der Waals surface area contributed by atoms with E-state index in [4.69, 9.17) is 15.3 Å². The van der Waals surface area contributed by atoms with Crippen molar-refractivity contribution in [1.29, 1.82) is 0 Å². The first kappa shape index (κ1) is 31.7. The van der Waals surface area contributed by atoms with Crippen LogP contribution in [0.3, 0.4) is 0 Å². The van der Waals surface area contributed by atoms with Gasteiger partial charge in [0, 0.05) is 30.8 Å². The first-order valence-electron chi connectivity index (χ1n) is 12.9. The molecule has 2 aromatic heterocycles. The Kier molecular flexibility index (Phi) is 9.58. The number of anilines is 1. The van der Waals surface area contributed by atoms with Crippen LogP contribution in [-0.4, -0.2) is 118 Å². The van der Waals surface area contributed by atoms with Gasteiger partial charge in [-0.25, -0.2) is 19.4 Å². The Morgan fingerprint density at radius 3 is 2.79 bits per heavy atom. The summed E-state index contributed by atoms with van der Waals surface area (Å²) < 4.78 is 6.65. The molecule has 5 N–H and O–H groups in total. The fraction of sp³-hybridized carbons (Fsp3) is 0.565. The molecule has 2 unspecified atom stereocenters. The number of oxime groups is 1. The highest BCUT2D eigenvalue weighted by molar-refractivity contribution is 8.00. The number of aromatic nitrogens is 6. The molecule has 20 heteroatoms. The zero-order chi connectivity index (χ0) is 31.4. The molecule has 0 aromatic carbocycles. The van der Waals surface area contributed by atoms with E-state index in [9.17, 15) is 24.3 Å². The SMILES string of the molecule is CON=C(C(=O)NC1C(=O)N2CC(CSc3nnnn3CCNC(=O)OC(C)(C)C)(C(=O)O)CS[C@H]12)c1nccc(N)n1. The molecule has 0 bridgehead atoms. The number of hydrogen-bond donors (Lipinski definition) is 4. The molecule has 4 rings (SSSR count). The number of rotatable bonds is 11. The predicted molar refractivity (Wildman–Crippen MR) is 153 cm³/mol. The highest BCUT2D eigenvalue weighted by Gasteiger charge is 2.57. The lowest BCUT2D eigenvalue weighted by molar-refractivity contribution is -0.157. The fourth-order valence-corrected chi connectivity index (χ4v) is 6.86. The standard InChI is InChI=1S/C23H31N11O7S2/c1-22(2,3)41-21(39)26-7-8-34-20(29-31-32-34)43-11-23(19(37)38)9-33-17(36)14(18(33)42-10-23)28-16(35)13(30-40-4)15-25-6-5-12(24)27-15/h5-6,14,18H,7-11H2,1-4H3,(H,26,39)(H,28,35)(H,37,38)(H2,24,25,27)/t14?,18-,23?/m1/s1. The van der Waals surface area contributed by atoms with Crippen molar-refractivity contribution in [2.75, 3.05) is 37.4 Å². The van der Waals surface area contributed by atoms with Crippen LogP contribution in [0.1, 0.15) is 26.6 Å². The van der Waals surface area contributed by atoms with Crippen molar-refractivity contribution in [2.24, 2.45) is 10.6 Å². The van der Waals surface area contributed by atoms with Gasteiger partial charge >= 0.3 is 12.1 Å². The van der Waals surface area contributed by atoms with Gasteiger partial charge in [0.25, 0.3) is 5.91 Å². The van der Waals surface area contributed by atoms with Crippen LogP contribution in [0.2, 0.25) is 0 Å². The molecule has 3 amide bonds. The Labute approximate surface area is 253 Å². The van der Waals surface area contributed by atoms with E-state index in [2.05, 4.69) is 41.3 Å². The monoisotopic (exact) mass is 637 g/mol. The number of nitrogens with zero attached hydrogens (tertiary/aromatic N) is 8. The maximum atomic E-state index is 13.1. The van der Waals surface area contributed by atoms with Crippen LogP contribution in [0.15, 0.2) is 22.6 Å². The number of carbonyl (C=O) groups excluding carboxylic acids is 3. The number of hydrogen-bond acceptors (Lipinski definition) is 15. The van der Waals surface area contributed by atoms with E-state index in [1.165, 1.54) is 40.7 Å². The summed E-state index contributed by atoms with van der Waals surface area (Å²) in [6.45, 7) is 5.60. The number of ether oxygens (including phenoxy) is 1. The lowest BCUT2D eigenvalue weighted by Crippen LogP contribution is -2.74. The number of carboxylic acids is 1. The zero-order valence-corrected chi connectivity index (χ0v) is 25.3. The lowest BCUT2D eigenvalue weighted by atomic mass is 9.89. The van der Waals surface area contributed by atoms with Crippen molar-refractivity contribution in [3.05, 3.63) is 18.1 Å². The molecule has 2 aliphatic heterocycles. The molecule has 2 aliphatic rings. The number of fused-ring (bicyclic) bond motifs is 1. The molecule has 2 aromatic rings. The second-order valence-electron chi connectivity index (χ2n) is 10.5. The summed E-state index contributed by atoms with van der Waals surface area (Å²) in [7, 11) is 1.25. The van der Waals surface area contributed by atoms with E-state index < -0.39 is 46.3 Å². The van der Waals surface area contributed by atoms with Gasteiger partial charge in [-0.1, -0.05) is 16.9 Å². The summed E-state index contributed by atoms with van der Waals surface area (Å²) in [5.74, 6) is -2.00. The van der Waals surface area contributed by atoms with Crippen molar-refractivity contribution in [2.45, 2.75) is 49.5 Å². The van der Waals surface area contributed by atoms with Crippen LogP contribution in [0.25, 0.3) is 0 Å². The molecule has 0 saturated carbocycles. The van der Waals surface area contributed by atoms with Crippen molar-refractivity contribution >= 4 is 58.9 Å². The second-order valence-corrected chi connectivity index (χ2v) is 12.6. The third-order valence-corrected chi connectivity index (χ3v) is 8.98. The molecule has 43 heavy (non-hydrogen) atoms. The molecule has 232 valence electrons. The van der Waals surface area contributed by atoms with Gasteiger partial charge < -0.3 is 35.9 Å². The number of nitrogens with one attached hydrogen (secondary N) is 2. The first-order chi connectivity index (χ1) is 20.3. The van der Waals surface area contributed by atoms with E-state index in [0.717, 1.165) is 11.8 Å². The third kappa shape index (κ3) is 7.42. The number of β-lactam (4-membered cyclic amide) rings is 1. The van der Waals surface area contributed by atoms with Gasteiger partial charge in [0.15, 0.2) is 5.82 Å². The van der Waals surface area contributed by atoms with E-state index >= 15 is 0 Å². The first-order valence-corrected chi connectivity index (χ1v) is 14.9. The van der Waals surface area contributed by atoms with Gasteiger partial charge in [-0.05, 0) is 37.3 Å². The normalized spacial score (nSPS) is 21.8.